The standard InChI is InChI=1S/C11H14ClN5O2S/c1-17(2)9-4-3-7(5-8(9)12)16-20(18,19)10-6-14-15-11(10)13/h3-6,16H,1-2H3,(H3,13,14,15). The van der Waals surface area contributed by atoms with Gasteiger partial charge in [0.1, 0.15) is 10.7 Å². The highest BCUT2D eigenvalue weighted by atomic mass is 35.5. The summed E-state index contributed by atoms with van der Waals surface area (Å²) in [7, 11) is -0.103. The number of nitrogens with zero attached hydrogens (tertiary/aromatic N) is 2. The minimum absolute atomic E-state index is 0.0199. The van der Waals surface area contributed by atoms with Crippen LogP contribution in [0.1, 0.15) is 0 Å². The molecule has 108 valence electrons. The Bertz CT molecular complexity index is 726. The molecular weight excluding hydrogens is 302 g/mol. The van der Waals surface area contributed by atoms with Crippen molar-refractivity contribution in [3.63, 3.8) is 0 Å². The van der Waals surface area contributed by atoms with E-state index in [4.69, 9.17) is 17.3 Å². The van der Waals surface area contributed by atoms with Gasteiger partial charge in [-0.1, -0.05) is 11.6 Å². The number of aromatic nitrogens is 2. The molecule has 7 nitrogen and oxygen atoms in total. The first-order valence-corrected chi connectivity index (χ1v) is 7.46. The zero-order valence-electron chi connectivity index (χ0n) is 10.9. The van der Waals surface area contributed by atoms with E-state index < -0.39 is 10.0 Å². The van der Waals surface area contributed by atoms with E-state index in [-0.39, 0.29) is 10.7 Å². The SMILES string of the molecule is CN(C)c1ccc(NS(=O)(=O)c2cn[nH]c2N)cc1Cl. The highest BCUT2D eigenvalue weighted by Gasteiger charge is 2.19. The Morgan fingerprint density at radius 1 is 1.40 bits per heavy atom. The second kappa shape index (κ2) is 5.22. The largest absolute Gasteiger partial charge is 0.383 e. The van der Waals surface area contributed by atoms with Crippen LogP contribution in [-0.2, 0) is 10.0 Å². The molecule has 4 N–H and O–H groups in total. The Hall–Kier alpha value is -1.93. The first-order chi connectivity index (χ1) is 9.31. The number of benzene rings is 1. The summed E-state index contributed by atoms with van der Waals surface area (Å²) in [5.74, 6) is -0.0199. The van der Waals surface area contributed by atoms with Crippen LogP contribution in [0.2, 0.25) is 5.02 Å². The zero-order valence-corrected chi connectivity index (χ0v) is 12.5. The van der Waals surface area contributed by atoms with Crippen molar-refractivity contribution in [3.05, 3.63) is 29.4 Å². The van der Waals surface area contributed by atoms with E-state index in [9.17, 15) is 8.42 Å². The lowest BCUT2D eigenvalue weighted by atomic mass is 10.3. The van der Waals surface area contributed by atoms with Crippen LogP contribution in [0.15, 0.2) is 29.3 Å². The molecule has 0 aliphatic rings. The summed E-state index contributed by atoms with van der Waals surface area (Å²) in [5, 5.41) is 6.39. The van der Waals surface area contributed by atoms with E-state index in [2.05, 4.69) is 14.9 Å². The quantitative estimate of drug-likeness (QED) is 0.793. The molecule has 0 aliphatic carbocycles. The zero-order chi connectivity index (χ0) is 14.9. The van der Waals surface area contributed by atoms with Crippen molar-refractivity contribution in [2.75, 3.05) is 29.5 Å². The maximum Gasteiger partial charge on any atom is 0.267 e. The fourth-order valence-corrected chi connectivity index (χ4v) is 3.07. The summed E-state index contributed by atoms with van der Waals surface area (Å²) in [6.07, 6.45) is 1.15. The highest BCUT2D eigenvalue weighted by Crippen LogP contribution is 2.28. The van der Waals surface area contributed by atoms with E-state index in [1.165, 1.54) is 6.07 Å². The number of anilines is 3. The maximum absolute atomic E-state index is 12.1. The minimum Gasteiger partial charge on any atom is -0.383 e. The molecule has 0 radical (unpaired) electrons. The van der Waals surface area contributed by atoms with Crippen molar-refractivity contribution in [1.82, 2.24) is 10.2 Å². The minimum atomic E-state index is -3.79. The molecule has 1 heterocycles. The number of H-pyrrole nitrogens is 1. The van der Waals surface area contributed by atoms with Gasteiger partial charge in [-0.2, -0.15) is 5.10 Å². The van der Waals surface area contributed by atoms with Gasteiger partial charge in [-0.05, 0) is 18.2 Å². The summed E-state index contributed by atoms with van der Waals surface area (Å²) in [4.78, 5) is 1.72. The first kappa shape index (κ1) is 14.5. The number of hydrogen-bond acceptors (Lipinski definition) is 5. The molecule has 0 spiro atoms. The average molecular weight is 316 g/mol. The number of aromatic amines is 1. The molecular formula is C11H14ClN5O2S. The first-order valence-electron chi connectivity index (χ1n) is 5.60. The van der Waals surface area contributed by atoms with Gasteiger partial charge in [-0.15, -0.1) is 0 Å². The lowest BCUT2D eigenvalue weighted by Gasteiger charge is -2.15. The lowest BCUT2D eigenvalue weighted by Crippen LogP contribution is -2.14. The van der Waals surface area contributed by atoms with E-state index in [0.717, 1.165) is 11.9 Å². The molecule has 0 fully saturated rings. The summed E-state index contributed by atoms with van der Waals surface area (Å²) < 4.78 is 26.6. The Morgan fingerprint density at radius 3 is 2.60 bits per heavy atom. The topological polar surface area (TPSA) is 104 Å². The van der Waals surface area contributed by atoms with Crippen LogP contribution in [-0.4, -0.2) is 32.7 Å². The van der Waals surface area contributed by atoms with Gasteiger partial charge >= 0.3 is 0 Å². The van der Waals surface area contributed by atoms with Crippen LogP contribution in [0.5, 0.6) is 0 Å². The fraction of sp³-hybridized carbons (Fsp3) is 0.182. The number of rotatable bonds is 4. The average Bonchev–Trinajstić information content (AvgIpc) is 2.75. The van der Waals surface area contributed by atoms with Gasteiger partial charge in [0, 0.05) is 14.1 Å². The van der Waals surface area contributed by atoms with Crippen LogP contribution >= 0.6 is 11.6 Å². The molecule has 20 heavy (non-hydrogen) atoms. The van der Waals surface area contributed by atoms with Crippen molar-refractivity contribution in [1.29, 1.82) is 0 Å². The molecule has 1 aromatic heterocycles. The summed E-state index contributed by atoms with van der Waals surface area (Å²) in [5.41, 5.74) is 6.64. The van der Waals surface area contributed by atoms with Crippen molar-refractivity contribution >= 4 is 38.8 Å². The number of sulfonamides is 1. The number of halogens is 1. The van der Waals surface area contributed by atoms with Crippen LogP contribution < -0.4 is 15.4 Å². The third kappa shape index (κ3) is 2.81. The summed E-state index contributed by atoms with van der Waals surface area (Å²) >= 11 is 6.09. The van der Waals surface area contributed by atoms with Crippen molar-refractivity contribution < 1.29 is 8.42 Å². The number of nitrogens with two attached hydrogens (primary N) is 1. The van der Waals surface area contributed by atoms with Crippen molar-refractivity contribution in [2.24, 2.45) is 0 Å². The predicted molar refractivity (Wildman–Crippen MR) is 79.6 cm³/mol. The van der Waals surface area contributed by atoms with Gasteiger partial charge in [0.15, 0.2) is 0 Å². The highest BCUT2D eigenvalue weighted by molar-refractivity contribution is 7.92. The lowest BCUT2D eigenvalue weighted by molar-refractivity contribution is 0.601. The second-order valence-corrected chi connectivity index (χ2v) is 6.37. The predicted octanol–water partition coefficient (Wildman–Crippen LogP) is 1.51. The monoisotopic (exact) mass is 315 g/mol. The molecule has 9 heteroatoms. The maximum atomic E-state index is 12.1. The summed E-state index contributed by atoms with van der Waals surface area (Å²) in [6, 6.07) is 4.87. The molecule has 1 aromatic carbocycles. The van der Waals surface area contributed by atoms with Gasteiger partial charge in [-0.3, -0.25) is 9.82 Å². The molecule has 2 rings (SSSR count). The molecule has 0 saturated carbocycles. The third-order valence-electron chi connectivity index (χ3n) is 2.60. The normalized spacial score (nSPS) is 11.3. The molecule has 0 atom stereocenters. The van der Waals surface area contributed by atoms with Crippen LogP contribution in [0.3, 0.4) is 0 Å². The Balaban J connectivity index is 2.31. The molecule has 0 unspecified atom stereocenters. The van der Waals surface area contributed by atoms with E-state index in [0.29, 0.717) is 10.7 Å². The molecule has 0 amide bonds. The fourth-order valence-electron chi connectivity index (χ4n) is 1.64. The van der Waals surface area contributed by atoms with E-state index >= 15 is 0 Å². The smallest absolute Gasteiger partial charge is 0.267 e. The second-order valence-electron chi connectivity index (χ2n) is 4.31. The Morgan fingerprint density at radius 2 is 2.10 bits per heavy atom. The summed E-state index contributed by atoms with van der Waals surface area (Å²) in [6.45, 7) is 0. The van der Waals surface area contributed by atoms with Gasteiger partial charge in [0.25, 0.3) is 10.0 Å². The van der Waals surface area contributed by atoms with Gasteiger partial charge in [0.2, 0.25) is 0 Å². The van der Waals surface area contributed by atoms with Crippen LogP contribution in [0.25, 0.3) is 0 Å². The van der Waals surface area contributed by atoms with Crippen molar-refractivity contribution in [2.45, 2.75) is 4.90 Å². The van der Waals surface area contributed by atoms with Crippen LogP contribution in [0, 0.1) is 0 Å². The molecule has 0 aliphatic heterocycles. The van der Waals surface area contributed by atoms with Crippen molar-refractivity contribution in [3.8, 4) is 0 Å². The van der Waals surface area contributed by atoms with E-state index in [1.54, 1.807) is 12.1 Å². The van der Waals surface area contributed by atoms with Gasteiger partial charge in [-0.25, -0.2) is 8.42 Å². The van der Waals surface area contributed by atoms with Gasteiger partial charge in [0.05, 0.1) is 22.6 Å². The number of nitrogen functional groups attached to an aromatic ring is 1. The Kier molecular flexibility index (Phi) is 3.78. The van der Waals surface area contributed by atoms with Gasteiger partial charge < -0.3 is 10.6 Å². The molecule has 0 saturated heterocycles. The third-order valence-corrected chi connectivity index (χ3v) is 4.31. The molecule has 2 aromatic rings. The Labute approximate surface area is 121 Å². The van der Waals surface area contributed by atoms with E-state index in [1.807, 2.05) is 19.0 Å². The number of nitrogens with one attached hydrogen (secondary N) is 2. The number of hydrogen-bond donors (Lipinski definition) is 3. The molecule has 0 bridgehead atoms. The van der Waals surface area contributed by atoms with Crippen LogP contribution in [0.4, 0.5) is 17.2 Å².